The van der Waals surface area contributed by atoms with Crippen molar-refractivity contribution in [2.75, 3.05) is 6.54 Å². The molecule has 0 saturated heterocycles. The van der Waals surface area contributed by atoms with E-state index < -0.39 is 5.60 Å². The summed E-state index contributed by atoms with van der Waals surface area (Å²) in [5.74, 6) is -0.227. The molecule has 0 fully saturated rings. The van der Waals surface area contributed by atoms with Crippen molar-refractivity contribution in [3.63, 3.8) is 0 Å². The molecular weight excluding hydrogens is 318 g/mol. The summed E-state index contributed by atoms with van der Waals surface area (Å²) in [6.07, 6.45) is 1.52. The van der Waals surface area contributed by atoms with E-state index in [-0.39, 0.29) is 12.5 Å². The van der Waals surface area contributed by atoms with E-state index in [1.807, 2.05) is 6.92 Å². The molecule has 3 nitrogen and oxygen atoms in total. The summed E-state index contributed by atoms with van der Waals surface area (Å²) in [6, 6.07) is 4.97. The molecule has 0 heterocycles. The normalized spacial score (nSPS) is 14.1. The second-order valence-electron chi connectivity index (χ2n) is 4.55. The van der Waals surface area contributed by atoms with Gasteiger partial charge in [-0.3, -0.25) is 4.79 Å². The molecule has 1 amide bonds. The van der Waals surface area contributed by atoms with Gasteiger partial charge in [0.1, 0.15) is 0 Å². The summed E-state index contributed by atoms with van der Waals surface area (Å²) in [7, 11) is 0. The largest absolute Gasteiger partial charge is 0.388 e. The van der Waals surface area contributed by atoms with Crippen molar-refractivity contribution in [1.29, 1.82) is 0 Å². The predicted octanol–water partition coefficient (Wildman–Crippen LogP) is 3.38. The lowest BCUT2D eigenvalue weighted by Crippen LogP contribution is -2.40. The zero-order valence-corrected chi connectivity index (χ0v) is 12.8. The van der Waals surface area contributed by atoms with Gasteiger partial charge in [-0.2, -0.15) is 0 Å². The molecule has 100 valence electrons. The van der Waals surface area contributed by atoms with Crippen LogP contribution in [0.3, 0.4) is 0 Å². The number of halogens is 2. The Labute approximate surface area is 121 Å². The molecule has 1 rings (SSSR count). The Morgan fingerprint density at radius 1 is 1.56 bits per heavy atom. The molecule has 1 unspecified atom stereocenters. The van der Waals surface area contributed by atoms with Gasteiger partial charge in [0.05, 0.1) is 11.2 Å². The number of carbonyl (C=O) groups excluding carboxylic acids is 1. The number of nitrogens with one attached hydrogen (secondary N) is 1. The summed E-state index contributed by atoms with van der Waals surface area (Å²) in [6.45, 7) is 3.94. The van der Waals surface area contributed by atoms with E-state index in [0.29, 0.717) is 21.5 Å². The molecule has 0 aromatic heterocycles. The third-order valence-corrected chi connectivity index (χ3v) is 3.49. The first-order valence-corrected chi connectivity index (χ1v) is 6.98. The lowest BCUT2D eigenvalue weighted by atomic mass is 10.0. The van der Waals surface area contributed by atoms with Gasteiger partial charge in [-0.15, -0.1) is 0 Å². The number of aliphatic hydroxyl groups is 1. The average molecular weight is 335 g/mol. The maximum atomic E-state index is 11.9. The third kappa shape index (κ3) is 4.59. The number of carbonyl (C=O) groups is 1. The van der Waals surface area contributed by atoms with Crippen molar-refractivity contribution in [1.82, 2.24) is 5.32 Å². The summed E-state index contributed by atoms with van der Waals surface area (Å²) >= 11 is 9.10. The molecule has 0 aliphatic heterocycles. The van der Waals surface area contributed by atoms with Crippen LogP contribution >= 0.6 is 27.5 Å². The smallest absolute Gasteiger partial charge is 0.252 e. The highest BCUT2D eigenvalue weighted by Crippen LogP contribution is 2.21. The molecular formula is C13H17BrClNO2. The lowest BCUT2D eigenvalue weighted by Gasteiger charge is -2.23. The van der Waals surface area contributed by atoms with Crippen LogP contribution in [0.25, 0.3) is 0 Å². The highest BCUT2D eigenvalue weighted by molar-refractivity contribution is 9.10. The van der Waals surface area contributed by atoms with Crippen LogP contribution in [0.15, 0.2) is 22.7 Å². The molecule has 5 heteroatoms. The van der Waals surface area contributed by atoms with Gasteiger partial charge < -0.3 is 10.4 Å². The van der Waals surface area contributed by atoms with Crippen LogP contribution in [0.5, 0.6) is 0 Å². The van der Waals surface area contributed by atoms with Crippen LogP contribution in [0.1, 0.15) is 37.0 Å². The highest BCUT2D eigenvalue weighted by atomic mass is 79.9. The Morgan fingerprint density at radius 2 is 2.22 bits per heavy atom. The van der Waals surface area contributed by atoms with Gasteiger partial charge in [0.25, 0.3) is 5.91 Å². The fourth-order valence-electron chi connectivity index (χ4n) is 1.67. The van der Waals surface area contributed by atoms with Crippen molar-refractivity contribution in [2.45, 2.75) is 32.3 Å². The Hall–Kier alpha value is -0.580. The van der Waals surface area contributed by atoms with Crippen LogP contribution in [-0.2, 0) is 0 Å². The Bertz CT molecular complexity index is 435. The van der Waals surface area contributed by atoms with E-state index in [2.05, 4.69) is 21.2 Å². The van der Waals surface area contributed by atoms with Gasteiger partial charge in [-0.25, -0.2) is 0 Å². The summed E-state index contributed by atoms with van der Waals surface area (Å²) in [4.78, 5) is 11.9. The standard InChI is InChI=1S/C13H17BrClNO2/c1-3-6-13(2,18)8-16-12(17)10-5-4-9(15)7-11(10)14/h4-5,7,18H,3,6,8H2,1-2H3,(H,16,17). The zero-order chi connectivity index (χ0) is 13.8. The molecule has 1 aromatic rings. The monoisotopic (exact) mass is 333 g/mol. The molecule has 0 aliphatic carbocycles. The first-order valence-electron chi connectivity index (χ1n) is 5.81. The van der Waals surface area contributed by atoms with Crippen LogP contribution in [0.4, 0.5) is 0 Å². The number of amides is 1. The van der Waals surface area contributed by atoms with Gasteiger partial charge in [-0.1, -0.05) is 24.9 Å². The maximum Gasteiger partial charge on any atom is 0.252 e. The first kappa shape index (κ1) is 15.5. The van der Waals surface area contributed by atoms with Crippen LogP contribution in [0.2, 0.25) is 5.02 Å². The highest BCUT2D eigenvalue weighted by Gasteiger charge is 2.20. The maximum absolute atomic E-state index is 11.9. The van der Waals surface area contributed by atoms with E-state index in [1.165, 1.54) is 0 Å². The van der Waals surface area contributed by atoms with E-state index in [0.717, 1.165) is 6.42 Å². The van der Waals surface area contributed by atoms with E-state index in [4.69, 9.17) is 11.6 Å². The van der Waals surface area contributed by atoms with Crippen molar-refractivity contribution in [3.05, 3.63) is 33.3 Å². The van der Waals surface area contributed by atoms with E-state index in [1.54, 1.807) is 25.1 Å². The molecule has 0 aliphatic rings. The molecule has 18 heavy (non-hydrogen) atoms. The average Bonchev–Trinajstić information content (AvgIpc) is 2.26. The fourth-order valence-corrected chi connectivity index (χ4v) is 2.53. The second-order valence-corrected chi connectivity index (χ2v) is 5.84. The third-order valence-electron chi connectivity index (χ3n) is 2.59. The van der Waals surface area contributed by atoms with Crippen molar-refractivity contribution >= 4 is 33.4 Å². The Balaban J connectivity index is 2.66. The first-order chi connectivity index (χ1) is 8.35. The van der Waals surface area contributed by atoms with Crippen LogP contribution < -0.4 is 5.32 Å². The summed E-state index contributed by atoms with van der Waals surface area (Å²) < 4.78 is 0.641. The molecule has 0 bridgehead atoms. The lowest BCUT2D eigenvalue weighted by molar-refractivity contribution is 0.0469. The molecule has 1 aromatic carbocycles. The van der Waals surface area contributed by atoms with E-state index in [9.17, 15) is 9.90 Å². The van der Waals surface area contributed by atoms with Gasteiger partial charge in [-0.05, 0) is 47.5 Å². The minimum absolute atomic E-state index is 0.227. The Morgan fingerprint density at radius 3 is 2.78 bits per heavy atom. The van der Waals surface area contributed by atoms with Crippen LogP contribution in [-0.4, -0.2) is 23.2 Å². The minimum atomic E-state index is -0.872. The zero-order valence-electron chi connectivity index (χ0n) is 10.5. The number of rotatable bonds is 5. The predicted molar refractivity (Wildman–Crippen MR) is 77.0 cm³/mol. The SMILES string of the molecule is CCCC(C)(O)CNC(=O)c1ccc(Cl)cc1Br. The van der Waals surface area contributed by atoms with E-state index >= 15 is 0 Å². The van der Waals surface area contributed by atoms with Gasteiger partial charge in [0.2, 0.25) is 0 Å². The minimum Gasteiger partial charge on any atom is -0.388 e. The van der Waals surface area contributed by atoms with Crippen molar-refractivity contribution in [3.8, 4) is 0 Å². The van der Waals surface area contributed by atoms with Crippen molar-refractivity contribution in [2.24, 2.45) is 0 Å². The summed E-state index contributed by atoms with van der Waals surface area (Å²) in [5.41, 5.74) is -0.366. The quantitative estimate of drug-likeness (QED) is 0.867. The molecule has 0 saturated carbocycles. The molecule has 0 radical (unpaired) electrons. The van der Waals surface area contributed by atoms with Gasteiger partial charge in [0, 0.05) is 16.0 Å². The van der Waals surface area contributed by atoms with Gasteiger partial charge in [0.15, 0.2) is 0 Å². The molecule has 1 atom stereocenters. The molecule has 2 N–H and O–H groups in total. The fraction of sp³-hybridized carbons (Fsp3) is 0.462. The number of hydrogen-bond donors (Lipinski definition) is 2. The number of hydrogen-bond acceptors (Lipinski definition) is 2. The summed E-state index contributed by atoms with van der Waals surface area (Å²) in [5, 5.41) is 13.3. The van der Waals surface area contributed by atoms with Gasteiger partial charge >= 0.3 is 0 Å². The topological polar surface area (TPSA) is 49.3 Å². The second kappa shape index (κ2) is 6.55. The van der Waals surface area contributed by atoms with Crippen LogP contribution in [0, 0.1) is 0 Å². The van der Waals surface area contributed by atoms with Crippen molar-refractivity contribution < 1.29 is 9.90 Å². The Kier molecular flexibility index (Phi) is 5.63. The number of benzene rings is 1. The molecule has 0 spiro atoms.